The van der Waals surface area contributed by atoms with Gasteiger partial charge in [0.2, 0.25) is 0 Å². The highest BCUT2D eigenvalue weighted by molar-refractivity contribution is 6.31. The topological polar surface area (TPSA) is 63.8 Å². The lowest BCUT2D eigenvalue weighted by Gasteiger charge is -2.23. The van der Waals surface area contributed by atoms with Crippen molar-refractivity contribution in [1.29, 1.82) is 0 Å². The highest BCUT2D eigenvalue weighted by Crippen LogP contribution is 2.27. The molecule has 0 saturated carbocycles. The van der Waals surface area contributed by atoms with Gasteiger partial charge in [0, 0.05) is 17.6 Å². The second kappa shape index (κ2) is 15.2. The van der Waals surface area contributed by atoms with E-state index in [1.54, 1.807) is 6.20 Å². The van der Waals surface area contributed by atoms with E-state index in [0.717, 1.165) is 35.1 Å². The number of nitrogen functional groups attached to an aromatic ring is 1. The maximum absolute atomic E-state index is 6.22. The van der Waals surface area contributed by atoms with E-state index in [1.807, 2.05) is 19.1 Å². The molecular formula is C32H47ClN4. The number of nitrogens with one attached hydrogen (secondary N) is 1. The minimum Gasteiger partial charge on any atom is -0.384 e. The van der Waals surface area contributed by atoms with Crippen molar-refractivity contribution in [2.75, 3.05) is 11.1 Å². The molecule has 2 unspecified atom stereocenters. The van der Waals surface area contributed by atoms with Crippen LogP contribution in [0.2, 0.25) is 5.02 Å². The van der Waals surface area contributed by atoms with Crippen LogP contribution in [0, 0.1) is 19.8 Å². The SMILES string of the molecule is CCCCCCCCC(CCCC(CC)Nc1c(C)cc(N)nc1C)Cc1ccc2ncc(Cl)cc2c1. The van der Waals surface area contributed by atoms with Crippen molar-refractivity contribution in [2.45, 2.75) is 111 Å². The summed E-state index contributed by atoms with van der Waals surface area (Å²) in [4.78, 5) is 8.93. The van der Waals surface area contributed by atoms with Crippen LogP contribution in [0.3, 0.4) is 0 Å². The van der Waals surface area contributed by atoms with Gasteiger partial charge in [-0.3, -0.25) is 4.98 Å². The minimum atomic E-state index is 0.450. The number of halogens is 1. The molecule has 0 bridgehead atoms. The van der Waals surface area contributed by atoms with Crippen LogP contribution in [0.25, 0.3) is 10.9 Å². The smallest absolute Gasteiger partial charge is 0.124 e. The summed E-state index contributed by atoms with van der Waals surface area (Å²) in [7, 11) is 0. The molecular weight excluding hydrogens is 476 g/mol. The third-order valence-corrected chi connectivity index (χ3v) is 7.83. The van der Waals surface area contributed by atoms with Crippen LogP contribution in [-0.4, -0.2) is 16.0 Å². The van der Waals surface area contributed by atoms with E-state index in [0.29, 0.717) is 22.8 Å². The zero-order chi connectivity index (χ0) is 26.6. The Kier molecular flexibility index (Phi) is 12.0. The molecule has 2 aromatic heterocycles. The normalized spacial score (nSPS) is 13.1. The molecule has 5 heteroatoms. The number of aryl methyl sites for hydroxylation is 2. The first-order valence-electron chi connectivity index (χ1n) is 14.4. The Bertz CT molecular complexity index is 1090. The second-order valence-electron chi connectivity index (χ2n) is 10.8. The first kappa shape index (κ1) is 29.2. The summed E-state index contributed by atoms with van der Waals surface area (Å²) in [5.74, 6) is 1.30. The molecule has 0 amide bonds. The van der Waals surface area contributed by atoms with Gasteiger partial charge in [-0.05, 0) is 74.4 Å². The van der Waals surface area contributed by atoms with Gasteiger partial charge < -0.3 is 11.1 Å². The van der Waals surface area contributed by atoms with E-state index >= 15 is 0 Å². The molecule has 4 nitrogen and oxygen atoms in total. The number of unbranched alkanes of at least 4 members (excludes halogenated alkanes) is 5. The summed E-state index contributed by atoms with van der Waals surface area (Å²) < 4.78 is 0. The molecule has 37 heavy (non-hydrogen) atoms. The minimum absolute atomic E-state index is 0.450. The number of fused-ring (bicyclic) bond motifs is 1. The quantitative estimate of drug-likeness (QED) is 0.184. The summed E-state index contributed by atoms with van der Waals surface area (Å²) in [6, 6.07) is 11.1. The van der Waals surface area contributed by atoms with Gasteiger partial charge >= 0.3 is 0 Å². The van der Waals surface area contributed by atoms with Crippen molar-refractivity contribution >= 4 is 34.0 Å². The van der Waals surface area contributed by atoms with Crippen molar-refractivity contribution < 1.29 is 0 Å². The Labute approximate surface area is 229 Å². The Morgan fingerprint density at radius 2 is 1.68 bits per heavy atom. The van der Waals surface area contributed by atoms with Crippen molar-refractivity contribution in [3.05, 3.63) is 58.4 Å². The Morgan fingerprint density at radius 1 is 0.919 bits per heavy atom. The standard InChI is InChI=1S/C32H47ClN4/c1-5-7-8-9-10-11-13-25(19-26-16-17-30-27(20-26)21-28(33)22-35-30)14-12-15-29(6-2)37-32-23(3)18-31(34)36-24(32)4/h16-18,20-22,25,29,37H,5-15,19H2,1-4H3,(H2,34,36). The highest BCUT2D eigenvalue weighted by Gasteiger charge is 2.15. The van der Waals surface area contributed by atoms with E-state index in [9.17, 15) is 0 Å². The van der Waals surface area contributed by atoms with Crippen molar-refractivity contribution in [2.24, 2.45) is 5.92 Å². The first-order valence-corrected chi connectivity index (χ1v) is 14.8. The van der Waals surface area contributed by atoms with Gasteiger partial charge in [-0.2, -0.15) is 0 Å². The van der Waals surface area contributed by atoms with Gasteiger partial charge in [0.05, 0.1) is 21.9 Å². The number of anilines is 2. The molecule has 0 aliphatic carbocycles. The predicted molar refractivity (Wildman–Crippen MR) is 162 cm³/mol. The summed E-state index contributed by atoms with van der Waals surface area (Å²) in [6.07, 6.45) is 17.0. The fourth-order valence-corrected chi connectivity index (χ4v) is 5.66. The highest BCUT2D eigenvalue weighted by atomic mass is 35.5. The molecule has 0 aliphatic heterocycles. The average molecular weight is 523 g/mol. The summed E-state index contributed by atoms with van der Waals surface area (Å²) >= 11 is 6.22. The second-order valence-corrected chi connectivity index (χ2v) is 11.2. The first-order chi connectivity index (χ1) is 17.9. The molecule has 3 N–H and O–H groups in total. The van der Waals surface area contributed by atoms with Crippen LogP contribution in [0.4, 0.5) is 11.5 Å². The van der Waals surface area contributed by atoms with Crippen LogP contribution < -0.4 is 11.1 Å². The lowest BCUT2D eigenvalue weighted by atomic mass is 9.88. The summed E-state index contributed by atoms with van der Waals surface area (Å²) in [5, 5.41) is 5.62. The van der Waals surface area contributed by atoms with Crippen molar-refractivity contribution in [3.63, 3.8) is 0 Å². The molecule has 0 spiro atoms. The molecule has 0 fully saturated rings. The number of rotatable bonds is 16. The largest absolute Gasteiger partial charge is 0.384 e. The maximum atomic E-state index is 6.22. The van der Waals surface area contributed by atoms with E-state index in [4.69, 9.17) is 17.3 Å². The van der Waals surface area contributed by atoms with Gasteiger partial charge in [0.25, 0.3) is 0 Å². The lowest BCUT2D eigenvalue weighted by Crippen LogP contribution is -2.20. The van der Waals surface area contributed by atoms with Crippen LogP contribution in [0.1, 0.15) is 101 Å². The predicted octanol–water partition coefficient (Wildman–Crippen LogP) is 9.45. The van der Waals surface area contributed by atoms with Crippen LogP contribution in [-0.2, 0) is 6.42 Å². The number of hydrogen-bond acceptors (Lipinski definition) is 4. The lowest BCUT2D eigenvalue weighted by molar-refractivity contribution is 0.398. The van der Waals surface area contributed by atoms with E-state index in [-0.39, 0.29) is 0 Å². The number of benzene rings is 1. The van der Waals surface area contributed by atoms with Gasteiger partial charge in [-0.15, -0.1) is 0 Å². The number of hydrogen-bond donors (Lipinski definition) is 2. The van der Waals surface area contributed by atoms with Gasteiger partial charge in [0.15, 0.2) is 0 Å². The van der Waals surface area contributed by atoms with Crippen molar-refractivity contribution in [3.8, 4) is 0 Å². The molecule has 0 saturated heterocycles. The molecule has 3 aromatic rings. The van der Waals surface area contributed by atoms with E-state index in [2.05, 4.69) is 54.3 Å². The van der Waals surface area contributed by atoms with Crippen LogP contribution in [0.5, 0.6) is 0 Å². The molecule has 0 radical (unpaired) electrons. The average Bonchev–Trinajstić information content (AvgIpc) is 2.86. The summed E-state index contributed by atoms with van der Waals surface area (Å²) in [5.41, 5.74) is 11.7. The molecule has 2 heterocycles. The monoisotopic (exact) mass is 522 g/mol. The zero-order valence-electron chi connectivity index (χ0n) is 23.5. The van der Waals surface area contributed by atoms with Gasteiger partial charge in [-0.1, -0.05) is 89.3 Å². The Hall–Kier alpha value is -2.33. The van der Waals surface area contributed by atoms with Crippen LogP contribution in [0.15, 0.2) is 36.5 Å². The van der Waals surface area contributed by atoms with Gasteiger partial charge in [0.1, 0.15) is 5.82 Å². The van der Waals surface area contributed by atoms with Crippen LogP contribution >= 0.6 is 11.6 Å². The molecule has 2 atom stereocenters. The third-order valence-electron chi connectivity index (χ3n) is 7.63. The third kappa shape index (κ3) is 9.48. The Morgan fingerprint density at radius 3 is 2.43 bits per heavy atom. The van der Waals surface area contributed by atoms with Gasteiger partial charge in [-0.25, -0.2) is 4.98 Å². The van der Waals surface area contributed by atoms with E-state index < -0.39 is 0 Å². The summed E-state index contributed by atoms with van der Waals surface area (Å²) in [6.45, 7) is 8.71. The zero-order valence-corrected chi connectivity index (χ0v) is 24.2. The Balaban J connectivity index is 1.60. The number of aromatic nitrogens is 2. The molecule has 0 aliphatic rings. The fourth-order valence-electron chi connectivity index (χ4n) is 5.49. The molecule has 202 valence electrons. The fraction of sp³-hybridized carbons (Fsp3) is 0.562. The number of nitrogens with zero attached hydrogens (tertiary/aromatic N) is 2. The molecule has 3 rings (SSSR count). The molecule has 1 aromatic carbocycles. The van der Waals surface area contributed by atoms with Crippen molar-refractivity contribution in [1.82, 2.24) is 9.97 Å². The maximum Gasteiger partial charge on any atom is 0.124 e. The van der Waals surface area contributed by atoms with E-state index in [1.165, 1.54) is 75.3 Å². The number of nitrogens with two attached hydrogens (primary N) is 1. The number of pyridine rings is 2.